The molecular weight excluding hydrogens is 298 g/mol. The number of hydrogen-bond acceptors (Lipinski definition) is 1. The summed E-state index contributed by atoms with van der Waals surface area (Å²) in [6, 6.07) is 1.40. The van der Waals surface area contributed by atoms with Crippen molar-refractivity contribution < 1.29 is 31.1 Å². The van der Waals surface area contributed by atoms with Crippen molar-refractivity contribution in [3.05, 3.63) is 34.9 Å². The van der Waals surface area contributed by atoms with Gasteiger partial charge in [-0.2, -0.15) is 26.3 Å². The summed E-state index contributed by atoms with van der Waals surface area (Å²) in [5.41, 5.74) is -4.18. The summed E-state index contributed by atoms with van der Waals surface area (Å²) in [6.45, 7) is 0. The number of halogens is 6. The minimum Gasteiger partial charge on any atom is -0.302 e. The van der Waals surface area contributed by atoms with E-state index in [4.69, 9.17) is 0 Å². The molecule has 0 aromatic heterocycles. The van der Waals surface area contributed by atoms with Crippen LogP contribution in [-0.4, -0.2) is 6.29 Å². The van der Waals surface area contributed by atoms with Crippen molar-refractivity contribution in [3.63, 3.8) is 0 Å². The Balaban J connectivity index is 2.63. The van der Waals surface area contributed by atoms with Crippen LogP contribution in [0.15, 0.2) is 18.2 Å². The molecule has 1 aliphatic carbocycles. The van der Waals surface area contributed by atoms with E-state index in [1.54, 1.807) is 0 Å². The highest BCUT2D eigenvalue weighted by molar-refractivity contribution is 5.69. The molecule has 0 radical (unpaired) electrons. The minimum absolute atomic E-state index is 0.0803. The predicted molar refractivity (Wildman–Crippen MR) is 62.7 cm³/mol. The van der Waals surface area contributed by atoms with Gasteiger partial charge < -0.3 is 4.79 Å². The Labute approximate surface area is 116 Å². The van der Waals surface area contributed by atoms with Crippen molar-refractivity contribution in [2.45, 2.75) is 43.5 Å². The summed E-state index contributed by atoms with van der Waals surface area (Å²) >= 11 is 0. The largest absolute Gasteiger partial charge is 0.416 e. The third-order valence-electron chi connectivity index (χ3n) is 3.88. The van der Waals surface area contributed by atoms with Gasteiger partial charge in [0.05, 0.1) is 16.5 Å². The number of alkyl halides is 6. The van der Waals surface area contributed by atoms with Gasteiger partial charge in [-0.15, -0.1) is 0 Å². The molecule has 0 aliphatic heterocycles. The molecule has 0 saturated heterocycles. The molecule has 2 rings (SSSR count). The number of aldehydes is 1. The predicted octanol–water partition coefficient (Wildman–Crippen LogP) is 4.73. The van der Waals surface area contributed by atoms with E-state index in [2.05, 4.69) is 0 Å². The molecular formula is C14H12F6O. The molecule has 0 amide bonds. The first-order valence-electron chi connectivity index (χ1n) is 6.35. The lowest BCUT2D eigenvalue weighted by atomic mass is 9.79. The number of carbonyl (C=O) groups is 1. The average Bonchev–Trinajstić information content (AvgIpc) is 2.86. The first-order chi connectivity index (χ1) is 9.58. The highest BCUT2D eigenvalue weighted by atomic mass is 19.4. The Morgan fingerprint density at radius 1 is 0.857 bits per heavy atom. The monoisotopic (exact) mass is 310 g/mol. The Bertz CT molecular complexity index is 505. The normalized spacial score (nSPS) is 18.8. The average molecular weight is 310 g/mol. The molecule has 1 aromatic carbocycles. The summed E-state index contributed by atoms with van der Waals surface area (Å²) in [6.07, 6.45) is -7.54. The maximum atomic E-state index is 12.8. The molecule has 0 atom stereocenters. The van der Waals surface area contributed by atoms with Gasteiger partial charge in [-0.1, -0.05) is 12.8 Å². The van der Waals surface area contributed by atoms with Crippen LogP contribution in [0.5, 0.6) is 0 Å². The molecule has 1 nitrogen and oxygen atoms in total. The molecule has 7 heteroatoms. The van der Waals surface area contributed by atoms with Crippen molar-refractivity contribution in [1.29, 1.82) is 0 Å². The quantitative estimate of drug-likeness (QED) is 0.570. The summed E-state index contributed by atoms with van der Waals surface area (Å²) < 4.78 is 76.8. The van der Waals surface area contributed by atoms with Gasteiger partial charge in [0.1, 0.15) is 6.29 Å². The van der Waals surface area contributed by atoms with Crippen LogP contribution >= 0.6 is 0 Å². The van der Waals surface area contributed by atoms with E-state index < -0.39 is 28.9 Å². The zero-order valence-corrected chi connectivity index (χ0v) is 10.8. The van der Waals surface area contributed by atoms with Crippen LogP contribution in [0.1, 0.15) is 42.4 Å². The smallest absolute Gasteiger partial charge is 0.302 e. The highest BCUT2D eigenvalue weighted by Gasteiger charge is 2.41. The van der Waals surface area contributed by atoms with Crippen LogP contribution in [0.25, 0.3) is 0 Å². The summed E-state index contributed by atoms with van der Waals surface area (Å²) in [7, 11) is 0. The third kappa shape index (κ3) is 3.06. The second kappa shape index (κ2) is 5.03. The SMILES string of the molecule is O=CC1(c2cc(C(F)(F)F)cc(C(F)(F)F)c2)CCCC1. The van der Waals surface area contributed by atoms with Gasteiger partial charge in [-0.05, 0) is 36.6 Å². The second-order valence-corrected chi connectivity index (χ2v) is 5.28. The van der Waals surface area contributed by atoms with Crippen molar-refractivity contribution in [2.75, 3.05) is 0 Å². The van der Waals surface area contributed by atoms with Gasteiger partial charge in [0.25, 0.3) is 0 Å². The van der Waals surface area contributed by atoms with E-state index >= 15 is 0 Å². The van der Waals surface area contributed by atoms with Gasteiger partial charge in [-0.25, -0.2) is 0 Å². The number of rotatable bonds is 2. The molecule has 0 bridgehead atoms. The third-order valence-corrected chi connectivity index (χ3v) is 3.88. The molecule has 0 spiro atoms. The zero-order valence-electron chi connectivity index (χ0n) is 10.8. The molecule has 1 fully saturated rings. The number of hydrogen-bond donors (Lipinski definition) is 0. The number of benzene rings is 1. The van der Waals surface area contributed by atoms with Gasteiger partial charge in [0.2, 0.25) is 0 Å². The summed E-state index contributed by atoms with van der Waals surface area (Å²) in [5.74, 6) is 0. The van der Waals surface area contributed by atoms with Crippen molar-refractivity contribution in [1.82, 2.24) is 0 Å². The van der Waals surface area contributed by atoms with Crippen LogP contribution in [0, 0.1) is 0 Å². The Morgan fingerprint density at radius 2 is 1.29 bits per heavy atom. The number of carbonyl (C=O) groups excluding carboxylic acids is 1. The van der Waals surface area contributed by atoms with Crippen LogP contribution in [0.3, 0.4) is 0 Å². The van der Waals surface area contributed by atoms with Gasteiger partial charge in [0.15, 0.2) is 0 Å². The van der Waals surface area contributed by atoms with Crippen molar-refractivity contribution >= 4 is 6.29 Å². The van der Waals surface area contributed by atoms with Crippen LogP contribution in [0.4, 0.5) is 26.3 Å². The van der Waals surface area contributed by atoms with E-state index in [1.807, 2.05) is 0 Å². The minimum atomic E-state index is -4.89. The first-order valence-corrected chi connectivity index (χ1v) is 6.35. The lowest BCUT2D eigenvalue weighted by Crippen LogP contribution is -2.25. The summed E-state index contributed by atoms with van der Waals surface area (Å²) in [5, 5.41) is 0. The van der Waals surface area contributed by atoms with E-state index in [9.17, 15) is 31.1 Å². The van der Waals surface area contributed by atoms with E-state index in [0.717, 1.165) is 0 Å². The zero-order chi connectivity index (χ0) is 15.9. The maximum Gasteiger partial charge on any atom is 0.416 e. The van der Waals surface area contributed by atoms with Crippen LogP contribution in [-0.2, 0) is 22.6 Å². The fraction of sp³-hybridized carbons (Fsp3) is 0.500. The van der Waals surface area contributed by atoms with Gasteiger partial charge in [0, 0.05) is 0 Å². The van der Waals surface area contributed by atoms with Crippen molar-refractivity contribution in [3.8, 4) is 0 Å². The van der Waals surface area contributed by atoms with E-state index in [-0.39, 0.29) is 24.5 Å². The first kappa shape index (κ1) is 15.9. The topological polar surface area (TPSA) is 17.1 Å². The lowest BCUT2D eigenvalue weighted by Gasteiger charge is -2.25. The fourth-order valence-corrected chi connectivity index (χ4v) is 2.72. The maximum absolute atomic E-state index is 12.8. The second-order valence-electron chi connectivity index (χ2n) is 5.28. The van der Waals surface area contributed by atoms with Crippen molar-refractivity contribution in [2.24, 2.45) is 0 Å². The molecule has 0 heterocycles. The van der Waals surface area contributed by atoms with Crippen LogP contribution < -0.4 is 0 Å². The fourth-order valence-electron chi connectivity index (χ4n) is 2.72. The molecule has 1 aliphatic rings. The lowest BCUT2D eigenvalue weighted by molar-refractivity contribution is -0.143. The van der Waals surface area contributed by atoms with Gasteiger partial charge in [-0.3, -0.25) is 0 Å². The van der Waals surface area contributed by atoms with Crippen LogP contribution in [0.2, 0.25) is 0 Å². The molecule has 21 heavy (non-hydrogen) atoms. The molecule has 1 aromatic rings. The Kier molecular flexibility index (Phi) is 3.80. The van der Waals surface area contributed by atoms with E-state index in [1.165, 1.54) is 0 Å². The molecule has 0 unspecified atom stereocenters. The van der Waals surface area contributed by atoms with E-state index in [0.29, 0.717) is 31.3 Å². The highest BCUT2D eigenvalue weighted by Crippen LogP contribution is 2.44. The van der Waals surface area contributed by atoms with Gasteiger partial charge >= 0.3 is 12.4 Å². The molecule has 0 N–H and O–H groups in total. The molecule has 116 valence electrons. The summed E-state index contributed by atoms with van der Waals surface area (Å²) in [4.78, 5) is 11.3. The molecule has 1 saturated carbocycles. The Morgan fingerprint density at radius 3 is 1.62 bits per heavy atom. The standard InChI is InChI=1S/C14H12F6O/c15-13(16,17)10-5-9(6-11(7-10)14(18,19)20)12(8-21)3-1-2-4-12/h5-8H,1-4H2. The Hall–Kier alpha value is -1.53.